The highest BCUT2D eigenvalue weighted by Gasteiger charge is 2.19. The molecule has 0 aromatic carbocycles. The summed E-state index contributed by atoms with van der Waals surface area (Å²) in [7, 11) is 0. The Kier molecular flexibility index (Phi) is 4.96. The van der Waals surface area contributed by atoms with Crippen LogP contribution in [-0.2, 0) is 11.2 Å². The Bertz CT molecular complexity index is 381. The van der Waals surface area contributed by atoms with Crippen LogP contribution < -0.4 is 5.32 Å². The highest BCUT2D eigenvalue weighted by atomic mass is 32.1. The monoisotopic (exact) mass is 264 g/mol. The molecule has 18 heavy (non-hydrogen) atoms. The fraction of sp³-hybridized carbons (Fsp3) is 0.500. The molecule has 1 saturated heterocycles. The fourth-order valence-corrected chi connectivity index (χ4v) is 3.00. The third kappa shape index (κ3) is 3.96. The summed E-state index contributed by atoms with van der Waals surface area (Å²) in [4.78, 5) is 15.4. The summed E-state index contributed by atoms with van der Waals surface area (Å²) in [6.07, 6.45) is 4.55. The van der Waals surface area contributed by atoms with Gasteiger partial charge in [-0.2, -0.15) is 0 Å². The number of nitrogens with zero attached hydrogens (tertiary/aromatic N) is 1. The normalized spacial score (nSPS) is 17.6. The largest absolute Gasteiger partial charge is 0.353 e. The van der Waals surface area contributed by atoms with E-state index in [2.05, 4.69) is 16.8 Å². The van der Waals surface area contributed by atoms with Gasteiger partial charge in [0.25, 0.3) is 0 Å². The summed E-state index contributed by atoms with van der Waals surface area (Å²) in [6.45, 7) is 6.81. The predicted molar refractivity (Wildman–Crippen MR) is 75.8 cm³/mol. The maximum Gasteiger partial charge on any atom is 0.225 e. The summed E-state index contributed by atoms with van der Waals surface area (Å²) in [5, 5.41) is 5.15. The van der Waals surface area contributed by atoms with Gasteiger partial charge in [0.15, 0.2) is 0 Å². The molecule has 0 atom stereocenters. The molecule has 2 rings (SSSR count). The maximum absolute atomic E-state index is 11.9. The van der Waals surface area contributed by atoms with Crippen molar-refractivity contribution < 1.29 is 4.79 Å². The van der Waals surface area contributed by atoms with Gasteiger partial charge in [0.2, 0.25) is 5.91 Å². The number of amides is 1. The molecule has 0 unspecified atom stereocenters. The third-order valence-corrected chi connectivity index (χ3v) is 4.13. The second-order valence-electron chi connectivity index (χ2n) is 4.69. The van der Waals surface area contributed by atoms with Crippen LogP contribution >= 0.6 is 11.3 Å². The molecular weight excluding hydrogens is 244 g/mol. The van der Waals surface area contributed by atoms with Crippen molar-refractivity contribution in [3.8, 4) is 0 Å². The van der Waals surface area contributed by atoms with Crippen molar-refractivity contribution in [1.82, 2.24) is 10.2 Å². The topological polar surface area (TPSA) is 32.3 Å². The van der Waals surface area contributed by atoms with Crippen molar-refractivity contribution in [2.75, 3.05) is 19.6 Å². The van der Waals surface area contributed by atoms with Crippen LogP contribution in [0.2, 0.25) is 0 Å². The Hall–Kier alpha value is -1.13. The van der Waals surface area contributed by atoms with Crippen LogP contribution in [-0.4, -0.2) is 36.5 Å². The van der Waals surface area contributed by atoms with Gasteiger partial charge in [-0.25, -0.2) is 0 Å². The SMILES string of the molecule is C=CCN1CCC(NC(=O)Cc2cccs2)CC1. The van der Waals surface area contributed by atoms with E-state index in [-0.39, 0.29) is 5.91 Å². The van der Waals surface area contributed by atoms with Gasteiger partial charge in [-0.05, 0) is 24.3 Å². The lowest BCUT2D eigenvalue weighted by Crippen LogP contribution is -2.45. The first kappa shape index (κ1) is 13.3. The summed E-state index contributed by atoms with van der Waals surface area (Å²) in [6, 6.07) is 4.34. The number of rotatable bonds is 5. The number of likely N-dealkylation sites (tertiary alicyclic amines) is 1. The van der Waals surface area contributed by atoms with Gasteiger partial charge in [-0.15, -0.1) is 17.9 Å². The van der Waals surface area contributed by atoms with Crippen molar-refractivity contribution in [3.05, 3.63) is 35.0 Å². The van der Waals surface area contributed by atoms with E-state index in [0.717, 1.165) is 37.4 Å². The van der Waals surface area contributed by atoms with E-state index in [1.807, 2.05) is 23.6 Å². The first-order chi connectivity index (χ1) is 8.78. The molecule has 0 bridgehead atoms. The van der Waals surface area contributed by atoms with Crippen LogP contribution in [0, 0.1) is 0 Å². The standard InChI is InChI=1S/C14H20N2OS/c1-2-7-16-8-5-12(6-9-16)15-14(17)11-13-4-3-10-18-13/h2-4,10,12H,1,5-9,11H2,(H,15,17). The second kappa shape index (κ2) is 6.71. The van der Waals surface area contributed by atoms with Crippen LogP contribution in [0.3, 0.4) is 0 Å². The minimum Gasteiger partial charge on any atom is -0.353 e. The zero-order valence-electron chi connectivity index (χ0n) is 10.6. The van der Waals surface area contributed by atoms with E-state index in [4.69, 9.17) is 0 Å². The molecule has 0 aliphatic carbocycles. The highest BCUT2D eigenvalue weighted by Crippen LogP contribution is 2.12. The van der Waals surface area contributed by atoms with E-state index in [9.17, 15) is 4.79 Å². The third-order valence-electron chi connectivity index (χ3n) is 3.25. The first-order valence-corrected chi connectivity index (χ1v) is 7.31. The minimum absolute atomic E-state index is 0.152. The Balaban J connectivity index is 1.71. The molecule has 1 N–H and O–H groups in total. The maximum atomic E-state index is 11.9. The summed E-state index contributed by atoms with van der Waals surface area (Å²) < 4.78 is 0. The molecule has 0 spiro atoms. The van der Waals surface area contributed by atoms with Crippen molar-refractivity contribution in [1.29, 1.82) is 0 Å². The van der Waals surface area contributed by atoms with Crippen LogP contribution in [0.25, 0.3) is 0 Å². The van der Waals surface area contributed by atoms with E-state index in [0.29, 0.717) is 12.5 Å². The van der Waals surface area contributed by atoms with Gasteiger partial charge in [-0.3, -0.25) is 9.69 Å². The van der Waals surface area contributed by atoms with Crippen LogP contribution in [0.1, 0.15) is 17.7 Å². The number of carbonyl (C=O) groups is 1. The average molecular weight is 264 g/mol. The molecule has 0 radical (unpaired) electrons. The smallest absolute Gasteiger partial charge is 0.225 e. The lowest BCUT2D eigenvalue weighted by atomic mass is 10.0. The quantitative estimate of drug-likeness (QED) is 0.826. The number of piperidine rings is 1. The summed E-state index contributed by atoms with van der Waals surface area (Å²) >= 11 is 1.64. The minimum atomic E-state index is 0.152. The van der Waals surface area contributed by atoms with E-state index in [1.54, 1.807) is 11.3 Å². The summed E-state index contributed by atoms with van der Waals surface area (Å²) in [5.74, 6) is 0.152. The molecule has 4 heteroatoms. The molecule has 1 fully saturated rings. The van der Waals surface area contributed by atoms with Crippen LogP contribution in [0.15, 0.2) is 30.2 Å². The zero-order valence-corrected chi connectivity index (χ0v) is 11.4. The number of hydrogen-bond acceptors (Lipinski definition) is 3. The number of carbonyl (C=O) groups excluding carboxylic acids is 1. The van der Waals surface area contributed by atoms with Gasteiger partial charge >= 0.3 is 0 Å². The van der Waals surface area contributed by atoms with Crippen molar-refractivity contribution in [3.63, 3.8) is 0 Å². The van der Waals surface area contributed by atoms with Crippen molar-refractivity contribution in [2.24, 2.45) is 0 Å². The molecule has 98 valence electrons. The molecule has 1 aliphatic heterocycles. The van der Waals surface area contributed by atoms with Crippen molar-refractivity contribution >= 4 is 17.2 Å². The predicted octanol–water partition coefficient (Wildman–Crippen LogP) is 2.06. The zero-order chi connectivity index (χ0) is 12.8. The van der Waals surface area contributed by atoms with Gasteiger partial charge in [0, 0.05) is 30.6 Å². The number of nitrogens with one attached hydrogen (secondary N) is 1. The van der Waals surface area contributed by atoms with Crippen molar-refractivity contribution in [2.45, 2.75) is 25.3 Å². The molecule has 0 saturated carbocycles. The van der Waals surface area contributed by atoms with Gasteiger partial charge < -0.3 is 5.32 Å². The first-order valence-electron chi connectivity index (χ1n) is 6.43. The van der Waals surface area contributed by atoms with E-state index >= 15 is 0 Å². The second-order valence-corrected chi connectivity index (χ2v) is 5.72. The molecule has 2 heterocycles. The molecule has 1 aromatic rings. The Labute approximate surface area is 112 Å². The fourth-order valence-electron chi connectivity index (χ4n) is 2.29. The molecule has 1 amide bonds. The number of hydrogen-bond donors (Lipinski definition) is 1. The molecular formula is C14H20N2OS. The Morgan fingerprint density at radius 3 is 2.94 bits per heavy atom. The van der Waals surface area contributed by atoms with Gasteiger partial charge in [0.05, 0.1) is 6.42 Å². The Morgan fingerprint density at radius 2 is 2.33 bits per heavy atom. The molecule has 1 aliphatic rings. The van der Waals surface area contributed by atoms with Gasteiger partial charge in [0.1, 0.15) is 0 Å². The lowest BCUT2D eigenvalue weighted by molar-refractivity contribution is -0.121. The van der Waals surface area contributed by atoms with Crippen LogP contribution in [0.5, 0.6) is 0 Å². The average Bonchev–Trinajstić information content (AvgIpc) is 2.84. The number of thiophene rings is 1. The van der Waals surface area contributed by atoms with Crippen LogP contribution in [0.4, 0.5) is 0 Å². The highest BCUT2D eigenvalue weighted by molar-refractivity contribution is 7.10. The van der Waals surface area contributed by atoms with E-state index in [1.165, 1.54) is 0 Å². The Morgan fingerprint density at radius 1 is 1.56 bits per heavy atom. The van der Waals surface area contributed by atoms with E-state index < -0.39 is 0 Å². The summed E-state index contributed by atoms with van der Waals surface area (Å²) in [5.41, 5.74) is 0. The molecule has 3 nitrogen and oxygen atoms in total. The molecule has 1 aromatic heterocycles. The lowest BCUT2D eigenvalue weighted by Gasteiger charge is -2.31. The van der Waals surface area contributed by atoms with Gasteiger partial charge in [-0.1, -0.05) is 12.1 Å².